The first-order valence-electron chi connectivity index (χ1n) is 9.03. The number of ether oxygens (including phenoxy) is 1. The lowest BCUT2D eigenvalue weighted by atomic mass is 10.0. The van der Waals surface area contributed by atoms with Crippen LogP contribution < -0.4 is 5.73 Å². The van der Waals surface area contributed by atoms with Gasteiger partial charge >= 0.3 is 0 Å². The number of rotatable bonds is 4. The molecule has 0 saturated heterocycles. The van der Waals surface area contributed by atoms with Gasteiger partial charge in [-0.1, -0.05) is 55.0 Å². The molecule has 0 radical (unpaired) electrons. The van der Waals surface area contributed by atoms with E-state index in [9.17, 15) is 0 Å². The van der Waals surface area contributed by atoms with Gasteiger partial charge in [-0.2, -0.15) is 0 Å². The fourth-order valence-electron chi connectivity index (χ4n) is 2.48. The zero-order valence-corrected chi connectivity index (χ0v) is 15.6. The maximum Gasteiger partial charge on any atom is 0.114 e. The summed E-state index contributed by atoms with van der Waals surface area (Å²) in [5.74, 6) is 1.05. The summed E-state index contributed by atoms with van der Waals surface area (Å²) < 4.78 is 5.41. The van der Waals surface area contributed by atoms with Crippen LogP contribution in [0.15, 0.2) is 66.5 Å². The predicted molar refractivity (Wildman–Crippen MR) is 108 cm³/mol. The second-order valence-corrected chi connectivity index (χ2v) is 6.37. The van der Waals surface area contributed by atoms with Crippen molar-refractivity contribution < 1.29 is 4.74 Å². The standard InChI is InChI=1S/C14H15N.C9H14O/c1-10-3-6-12(7-4-10)13-8-5-11(2)14(15)9-13;1-2-8-10-9-6-4-3-5-7-9/h3-9H,15H2,1-2H3;4,6-7H,2-3,5,8H2,1H3. The quantitative estimate of drug-likeness (QED) is 0.675. The summed E-state index contributed by atoms with van der Waals surface area (Å²) in [6.07, 6.45) is 9.75. The van der Waals surface area contributed by atoms with Crippen molar-refractivity contribution in [3.63, 3.8) is 0 Å². The van der Waals surface area contributed by atoms with Crippen molar-refractivity contribution in [1.82, 2.24) is 0 Å². The molecule has 0 saturated carbocycles. The van der Waals surface area contributed by atoms with E-state index in [4.69, 9.17) is 10.5 Å². The van der Waals surface area contributed by atoms with Crippen LogP contribution in [-0.2, 0) is 4.74 Å². The molecule has 0 aromatic heterocycles. The molecule has 2 aromatic carbocycles. The third-order valence-corrected chi connectivity index (χ3v) is 4.10. The molecule has 3 rings (SSSR count). The van der Waals surface area contributed by atoms with Crippen LogP contribution in [0.1, 0.15) is 37.3 Å². The molecule has 0 fully saturated rings. The van der Waals surface area contributed by atoms with Crippen molar-refractivity contribution in [2.45, 2.75) is 40.0 Å². The maximum absolute atomic E-state index is 5.89. The lowest BCUT2D eigenvalue weighted by Gasteiger charge is -2.07. The minimum Gasteiger partial charge on any atom is -0.494 e. The monoisotopic (exact) mass is 335 g/mol. The molecule has 25 heavy (non-hydrogen) atoms. The smallest absolute Gasteiger partial charge is 0.114 e. The number of hydrogen-bond donors (Lipinski definition) is 1. The highest BCUT2D eigenvalue weighted by atomic mass is 16.5. The minimum atomic E-state index is 0.843. The normalized spacial score (nSPS) is 12.8. The Morgan fingerprint density at radius 2 is 1.68 bits per heavy atom. The van der Waals surface area contributed by atoms with Crippen LogP contribution in [0.5, 0.6) is 0 Å². The molecule has 2 nitrogen and oxygen atoms in total. The molecule has 0 bridgehead atoms. The molecule has 0 atom stereocenters. The average molecular weight is 335 g/mol. The summed E-state index contributed by atoms with van der Waals surface area (Å²) in [6, 6.07) is 14.7. The largest absolute Gasteiger partial charge is 0.494 e. The van der Waals surface area contributed by atoms with Crippen LogP contribution in [0.25, 0.3) is 11.1 Å². The number of nitrogens with two attached hydrogens (primary N) is 1. The lowest BCUT2D eigenvalue weighted by Crippen LogP contribution is -1.93. The van der Waals surface area contributed by atoms with Gasteiger partial charge in [-0.25, -0.2) is 0 Å². The van der Waals surface area contributed by atoms with E-state index in [1.54, 1.807) is 0 Å². The molecule has 0 unspecified atom stereocenters. The molecular weight excluding hydrogens is 306 g/mol. The Kier molecular flexibility index (Phi) is 7.34. The average Bonchev–Trinajstić information content (AvgIpc) is 2.64. The van der Waals surface area contributed by atoms with Crippen LogP contribution in [0.2, 0.25) is 0 Å². The highest BCUT2D eigenvalue weighted by Gasteiger charge is 1.99. The van der Waals surface area contributed by atoms with Gasteiger partial charge in [0.2, 0.25) is 0 Å². The van der Waals surface area contributed by atoms with Crippen molar-refractivity contribution in [1.29, 1.82) is 0 Å². The molecule has 0 spiro atoms. The van der Waals surface area contributed by atoms with Crippen LogP contribution in [0, 0.1) is 13.8 Å². The van der Waals surface area contributed by atoms with E-state index >= 15 is 0 Å². The first kappa shape index (κ1) is 18.9. The third-order valence-electron chi connectivity index (χ3n) is 4.10. The van der Waals surface area contributed by atoms with E-state index in [1.165, 1.54) is 23.1 Å². The van der Waals surface area contributed by atoms with Gasteiger partial charge in [0, 0.05) is 5.69 Å². The molecule has 1 aliphatic rings. The molecule has 2 N–H and O–H groups in total. The Bertz CT molecular complexity index is 726. The van der Waals surface area contributed by atoms with Crippen LogP contribution >= 0.6 is 0 Å². The Morgan fingerprint density at radius 3 is 2.28 bits per heavy atom. The minimum absolute atomic E-state index is 0.843. The zero-order valence-electron chi connectivity index (χ0n) is 15.6. The lowest BCUT2D eigenvalue weighted by molar-refractivity contribution is 0.222. The number of hydrogen-bond acceptors (Lipinski definition) is 2. The van der Waals surface area contributed by atoms with Gasteiger partial charge in [-0.05, 0) is 68.0 Å². The maximum atomic E-state index is 5.89. The van der Waals surface area contributed by atoms with Gasteiger partial charge in [0.1, 0.15) is 5.76 Å². The second kappa shape index (κ2) is 9.73. The molecule has 0 heterocycles. The van der Waals surface area contributed by atoms with E-state index in [0.717, 1.165) is 36.5 Å². The van der Waals surface area contributed by atoms with E-state index in [-0.39, 0.29) is 0 Å². The molecular formula is C23H29NO. The van der Waals surface area contributed by atoms with Crippen molar-refractivity contribution in [3.05, 3.63) is 77.6 Å². The van der Waals surface area contributed by atoms with Gasteiger partial charge in [0.25, 0.3) is 0 Å². The fourth-order valence-corrected chi connectivity index (χ4v) is 2.48. The molecule has 2 heteroatoms. The predicted octanol–water partition coefficient (Wildman–Crippen LogP) is 6.20. The second-order valence-electron chi connectivity index (χ2n) is 6.37. The molecule has 132 valence electrons. The number of benzene rings is 2. The summed E-state index contributed by atoms with van der Waals surface area (Å²) in [5.41, 5.74) is 11.5. The zero-order chi connectivity index (χ0) is 18.1. The van der Waals surface area contributed by atoms with Crippen molar-refractivity contribution in [2.75, 3.05) is 12.3 Å². The summed E-state index contributed by atoms with van der Waals surface area (Å²) in [6.45, 7) is 7.07. The summed E-state index contributed by atoms with van der Waals surface area (Å²) in [4.78, 5) is 0. The molecule has 0 aliphatic heterocycles. The first-order valence-corrected chi connectivity index (χ1v) is 9.03. The van der Waals surface area contributed by atoms with E-state index in [2.05, 4.69) is 68.5 Å². The van der Waals surface area contributed by atoms with Gasteiger partial charge in [-0.15, -0.1) is 0 Å². The number of nitrogen functional groups attached to an aromatic ring is 1. The Labute approximate surface area is 152 Å². The van der Waals surface area contributed by atoms with Gasteiger partial charge < -0.3 is 10.5 Å². The highest BCUT2D eigenvalue weighted by molar-refractivity contribution is 5.69. The topological polar surface area (TPSA) is 35.2 Å². The molecule has 0 amide bonds. The molecule has 2 aromatic rings. The van der Waals surface area contributed by atoms with Crippen LogP contribution in [0.3, 0.4) is 0 Å². The van der Waals surface area contributed by atoms with E-state index in [1.807, 2.05) is 13.0 Å². The number of aryl methyl sites for hydroxylation is 2. The summed E-state index contributed by atoms with van der Waals surface area (Å²) >= 11 is 0. The summed E-state index contributed by atoms with van der Waals surface area (Å²) in [7, 11) is 0. The Balaban J connectivity index is 0.000000196. The highest BCUT2D eigenvalue weighted by Crippen LogP contribution is 2.23. The van der Waals surface area contributed by atoms with Crippen molar-refractivity contribution in [3.8, 4) is 11.1 Å². The van der Waals surface area contributed by atoms with Crippen molar-refractivity contribution in [2.24, 2.45) is 0 Å². The van der Waals surface area contributed by atoms with E-state index in [0.29, 0.717) is 0 Å². The van der Waals surface area contributed by atoms with Crippen LogP contribution in [-0.4, -0.2) is 6.61 Å². The summed E-state index contributed by atoms with van der Waals surface area (Å²) in [5, 5.41) is 0. The van der Waals surface area contributed by atoms with Gasteiger partial charge in [0.05, 0.1) is 6.61 Å². The fraction of sp³-hybridized carbons (Fsp3) is 0.304. The van der Waals surface area contributed by atoms with Crippen molar-refractivity contribution >= 4 is 5.69 Å². The number of anilines is 1. The third kappa shape index (κ3) is 6.15. The SMILES string of the molecule is CCCOC1=CCCC=C1.Cc1ccc(-c2ccc(C)c(N)c2)cc1. The Hall–Kier alpha value is -2.48. The first-order chi connectivity index (χ1) is 12.1. The van der Waals surface area contributed by atoms with E-state index < -0.39 is 0 Å². The van der Waals surface area contributed by atoms with Gasteiger partial charge in [-0.3, -0.25) is 0 Å². The molecule has 1 aliphatic carbocycles. The van der Waals surface area contributed by atoms with Gasteiger partial charge in [0.15, 0.2) is 0 Å². The Morgan fingerprint density at radius 1 is 0.960 bits per heavy atom. The van der Waals surface area contributed by atoms with Crippen LogP contribution in [0.4, 0.5) is 5.69 Å². The number of allylic oxidation sites excluding steroid dienone is 3.